The number of ether oxygens (including phenoxy) is 1. The third kappa shape index (κ3) is 5.85. The van der Waals surface area contributed by atoms with Gasteiger partial charge in [-0.1, -0.05) is 29.8 Å². The number of imidazole rings is 1. The number of fused-ring (bicyclic) bond motifs is 2. The number of nitrogens with zero attached hydrogens (tertiary/aromatic N) is 6. The molecule has 0 radical (unpaired) electrons. The highest BCUT2D eigenvalue weighted by atomic mass is 35.5. The number of carbonyl (C=O) groups excluding carboxylic acids is 2. The molecule has 0 aliphatic carbocycles. The molecule has 2 atom stereocenters. The summed E-state index contributed by atoms with van der Waals surface area (Å²) in [7, 11) is 0. The third-order valence-electron chi connectivity index (χ3n) is 7.81. The minimum Gasteiger partial charge on any atom is -0.455 e. The maximum absolute atomic E-state index is 14.2. The van der Waals surface area contributed by atoms with Crippen molar-refractivity contribution in [3.8, 4) is 11.3 Å². The van der Waals surface area contributed by atoms with E-state index in [9.17, 15) is 22.8 Å². The predicted molar refractivity (Wildman–Crippen MR) is 153 cm³/mol. The van der Waals surface area contributed by atoms with E-state index in [0.717, 1.165) is 4.68 Å². The third-order valence-corrected chi connectivity index (χ3v) is 8.09. The second kappa shape index (κ2) is 10.7. The second-order valence-corrected chi connectivity index (χ2v) is 12.5. The van der Waals surface area contributed by atoms with Gasteiger partial charge in [0.25, 0.3) is 0 Å². The molecule has 0 saturated carbocycles. The van der Waals surface area contributed by atoms with Crippen LogP contribution in [0.25, 0.3) is 16.9 Å². The lowest BCUT2D eigenvalue weighted by Crippen LogP contribution is -2.36. The van der Waals surface area contributed by atoms with Crippen molar-refractivity contribution in [2.75, 3.05) is 26.2 Å². The Kier molecular flexibility index (Phi) is 7.24. The van der Waals surface area contributed by atoms with Crippen LogP contribution < -0.4 is 0 Å². The minimum absolute atomic E-state index is 0.0149. The number of rotatable bonds is 4. The molecule has 6 rings (SSSR count). The molecular weight excluding hydrogens is 585 g/mol. The van der Waals surface area contributed by atoms with Gasteiger partial charge in [0.05, 0.1) is 28.7 Å². The first-order valence-corrected chi connectivity index (χ1v) is 14.3. The number of carbonyl (C=O) groups is 2. The molecule has 3 aromatic heterocycles. The molecular formula is C30H30ClF3N6O3. The number of aromatic nitrogens is 4. The van der Waals surface area contributed by atoms with E-state index in [1.54, 1.807) is 60.7 Å². The van der Waals surface area contributed by atoms with Crippen LogP contribution in [0.5, 0.6) is 0 Å². The molecule has 0 N–H and O–H groups in total. The maximum Gasteiger partial charge on any atom is 0.416 e. The fourth-order valence-electron chi connectivity index (χ4n) is 5.96. The molecule has 5 heterocycles. The van der Waals surface area contributed by atoms with E-state index in [1.165, 1.54) is 12.3 Å². The van der Waals surface area contributed by atoms with Crippen molar-refractivity contribution in [2.24, 2.45) is 11.8 Å². The van der Waals surface area contributed by atoms with E-state index >= 15 is 0 Å². The standard InChI is InChI=1S/C30H30ClF3N6O3/c1-29(2,3)43-27(41)26-23(31)17-40(36-26)28(42)38-15-20-13-37(14-21(20)16-38)12-19-8-7-18(10-22(19)30(32,33)34)24-11-35-25-6-4-5-9-39(24)25/h4-11,17,20-21H,12-16H2,1-3H3. The summed E-state index contributed by atoms with van der Waals surface area (Å²) >= 11 is 6.17. The zero-order valence-electron chi connectivity index (χ0n) is 23.8. The Morgan fingerprint density at radius 3 is 2.44 bits per heavy atom. The van der Waals surface area contributed by atoms with Gasteiger partial charge < -0.3 is 9.64 Å². The number of amides is 1. The molecule has 1 amide bonds. The van der Waals surface area contributed by atoms with Crippen LogP contribution >= 0.6 is 11.6 Å². The van der Waals surface area contributed by atoms with Gasteiger partial charge in [0.1, 0.15) is 11.2 Å². The van der Waals surface area contributed by atoms with Gasteiger partial charge in [-0.3, -0.25) is 9.30 Å². The molecule has 4 aromatic rings. The SMILES string of the molecule is CC(C)(C)OC(=O)c1nn(C(=O)N2CC3CN(Cc4ccc(-c5cnc6ccccn56)cc4C(F)(F)F)CC3C2)cc1Cl. The van der Waals surface area contributed by atoms with E-state index in [-0.39, 0.29) is 34.7 Å². The molecule has 0 bridgehead atoms. The van der Waals surface area contributed by atoms with Crippen molar-refractivity contribution >= 4 is 29.2 Å². The van der Waals surface area contributed by atoms with Crippen LogP contribution in [0.1, 0.15) is 42.4 Å². The van der Waals surface area contributed by atoms with Crippen molar-refractivity contribution < 1.29 is 27.5 Å². The highest BCUT2D eigenvalue weighted by Crippen LogP contribution is 2.38. The van der Waals surface area contributed by atoms with Crippen molar-refractivity contribution in [1.82, 2.24) is 29.0 Å². The second-order valence-electron chi connectivity index (χ2n) is 12.1. The van der Waals surface area contributed by atoms with Crippen molar-refractivity contribution in [1.29, 1.82) is 0 Å². The summed E-state index contributed by atoms with van der Waals surface area (Å²) in [6.07, 6.45) is 0.123. The average molecular weight is 615 g/mol. The van der Waals surface area contributed by atoms with Crippen LogP contribution in [0.4, 0.5) is 18.0 Å². The Hall–Kier alpha value is -3.90. The first-order chi connectivity index (χ1) is 20.3. The molecule has 2 saturated heterocycles. The Morgan fingerprint density at radius 1 is 1.05 bits per heavy atom. The van der Waals surface area contributed by atoms with Gasteiger partial charge in [0, 0.05) is 44.5 Å². The lowest BCUT2D eigenvalue weighted by atomic mass is 10.0. The Morgan fingerprint density at radius 2 is 1.77 bits per heavy atom. The van der Waals surface area contributed by atoms with Crippen LogP contribution in [0.3, 0.4) is 0 Å². The quantitative estimate of drug-likeness (QED) is 0.268. The van der Waals surface area contributed by atoms with Gasteiger partial charge >= 0.3 is 18.2 Å². The largest absolute Gasteiger partial charge is 0.455 e. The first-order valence-electron chi connectivity index (χ1n) is 13.9. The number of halogens is 4. The fourth-order valence-corrected chi connectivity index (χ4v) is 6.17. The van der Waals surface area contributed by atoms with Gasteiger partial charge in [-0.2, -0.15) is 23.0 Å². The monoisotopic (exact) mass is 614 g/mol. The van der Waals surface area contributed by atoms with Crippen LogP contribution in [0.2, 0.25) is 5.02 Å². The summed E-state index contributed by atoms with van der Waals surface area (Å²) in [5.74, 6) is -0.512. The molecule has 0 spiro atoms. The topological polar surface area (TPSA) is 85.0 Å². The predicted octanol–water partition coefficient (Wildman–Crippen LogP) is 5.86. The fraction of sp³-hybridized carbons (Fsp3) is 0.400. The smallest absolute Gasteiger partial charge is 0.416 e. The summed E-state index contributed by atoms with van der Waals surface area (Å²) in [6.45, 7) is 7.28. The number of benzene rings is 1. The van der Waals surface area contributed by atoms with Crippen LogP contribution in [0, 0.1) is 11.8 Å². The number of hydrogen-bond donors (Lipinski definition) is 0. The number of esters is 1. The highest BCUT2D eigenvalue weighted by molar-refractivity contribution is 6.33. The van der Waals surface area contributed by atoms with Crippen LogP contribution in [0.15, 0.2) is 55.0 Å². The van der Waals surface area contributed by atoms with E-state index in [2.05, 4.69) is 10.1 Å². The van der Waals surface area contributed by atoms with E-state index in [0.29, 0.717) is 43.1 Å². The first kappa shape index (κ1) is 29.2. The van der Waals surface area contributed by atoms with Gasteiger partial charge in [0.2, 0.25) is 0 Å². The number of hydrogen-bond acceptors (Lipinski definition) is 6. The number of alkyl halides is 3. The molecule has 2 aliphatic rings. The molecule has 2 fully saturated rings. The van der Waals surface area contributed by atoms with E-state index in [4.69, 9.17) is 16.3 Å². The van der Waals surface area contributed by atoms with Crippen molar-refractivity contribution in [3.63, 3.8) is 0 Å². The van der Waals surface area contributed by atoms with Gasteiger partial charge in [-0.05, 0) is 56.4 Å². The van der Waals surface area contributed by atoms with Crippen molar-refractivity contribution in [3.05, 3.63) is 76.8 Å². The molecule has 2 aliphatic heterocycles. The Bertz CT molecular complexity index is 1700. The average Bonchev–Trinajstić information content (AvgIpc) is 3.69. The Balaban J connectivity index is 1.13. The minimum atomic E-state index is -4.52. The number of likely N-dealkylation sites (tertiary alicyclic amines) is 2. The highest BCUT2D eigenvalue weighted by Gasteiger charge is 2.43. The van der Waals surface area contributed by atoms with Crippen LogP contribution in [-0.2, 0) is 17.5 Å². The summed E-state index contributed by atoms with van der Waals surface area (Å²) in [4.78, 5) is 33.5. The zero-order chi connectivity index (χ0) is 30.7. The lowest BCUT2D eigenvalue weighted by Gasteiger charge is -2.23. The van der Waals surface area contributed by atoms with Crippen molar-refractivity contribution in [2.45, 2.75) is 39.1 Å². The maximum atomic E-state index is 14.2. The summed E-state index contributed by atoms with van der Waals surface area (Å²) in [5, 5.41) is 4.09. The zero-order valence-corrected chi connectivity index (χ0v) is 24.6. The van der Waals surface area contributed by atoms with Gasteiger partial charge in [0.15, 0.2) is 5.69 Å². The normalized spacial score (nSPS) is 19.3. The molecule has 1 aromatic carbocycles. The van der Waals surface area contributed by atoms with Gasteiger partial charge in [-0.15, -0.1) is 0 Å². The summed E-state index contributed by atoms with van der Waals surface area (Å²) < 4.78 is 50.8. The van der Waals surface area contributed by atoms with Gasteiger partial charge in [-0.25, -0.2) is 14.6 Å². The van der Waals surface area contributed by atoms with E-state index in [1.807, 2.05) is 17.0 Å². The lowest BCUT2D eigenvalue weighted by molar-refractivity contribution is -0.138. The Labute approximate surface area is 250 Å². The molecule has 9 nitrogen and oxygen atoms in total. The molecule has 2 unspecified atom stereocenters. The molecule has 43 heavy (non-hydrogen) atoms. The summed E-state index contributed by atoms with van der Waals surface area (Å²) in [5.41, 5.74) is 0.346. The number of pyridine rings is 1. The van der Waals surface area contributed by atoms with E-state index < -0.39 is 29.3 Å². The molecule has 226 valence electrons. The van der Waals surface area contributed by atoms with Crippen LogP contribution in [-0.4, -0.2) is 72.7 Å². The molecule has 13 heteroatoms. The summed E-state index contributed by atoms with van der Waals surface area (Å²) in [6, 6.07) is 9.47.